The van der Waals surface area contributed by atoms with Gasteiger partial charge in [0.25, 0.3) is 0 Å². The first-order chi connectivity index (χ1) is 11.2. The minimum atomic E-state index is -0.363. The SMILES string of the molecule is CCCCc1cc2ccccc2c(C(N)=O)c1-c1ccccc1. The first kappa shape index (κ1) is 15.3. The van der Waals surface area contributed by atoms with Crippen LogP contribution in [0.3, 0.4) is 0 Å². The Morgan fingerprint density at radius 1 is 1.00 bits per heavy atom. The van der Waals surface area contributed by atoms with E-state index in [0.717, 1.165) is 41.2 Å². The number of aryl methyl sites for hydroxylation is 1. The van der Waals surface area contributed by atoms with Gasteiger partial charge in [-0.1, -0.05) is 74.0 Å². The molecular formula is C21H21NO. The Kier molecular flexibility index (Phi) is 4.42. The van der Waals surface area contributed by atoms with E-state index in [-0.39, 0.29) is 5.91 Å². The summed E-state index contributed by atoms with van der Waals surface area (Å²) in [7, 11) is 0. The van der Waals surface area contributed by atoms with Gasteiger partial charge in [0.05, 0.1) is 5.56 Å². The molecule has 1 amide bonds. The summed E-state index contributed by atoms with van der Waals surface area (Å²) >= 11 is 0. The van der Waals surface area contributed by atoms with Crippen molar-refractivity contribution in [3.63, 3.8) is 0 Å². The Labute approximate surface area is 136 Å². The van der Waals surface area contributed by atoms with Gasteiger partial charge >= 0.3 is 0 Å². The molecule has 0 radical (unpaired) electrons. The van der Waals surface area contributed by atoms with E-state index >= 15 is 0 Å². The second-order valence-electron chi connectivity index (χ2n) is 5.84. The average Bonchev–Trinajstić information content (AvgIpc) is 2.59. The van der Waals surface area contributed by atoms with Crippen molar-refractivity contribution in [1.82, 2.24) is 0 Å². The van der Waals surface area contributed by atoms with E-state index in [1.807, 2.05) is 54.6 Å². The number of nitrogens with two attached hydrogens (primary N) is 1. The number of carbonyl (C=O) groups excluding carboxylic acids is 1. The van der Waals surface area contributed by atoms with Crippen molar-refractivity contribution < 1.29 is 4.79 Å². The molecule has 0 fully saturated rings. The Morgan fingerprint density at radius 2 is 1.70 bits per heavy atom. The van der Waals surface area contributed by atoms with E-state index in [1.54, 1.807) is 0 Å². The Morgan fingerprint density at radius 3 is 2.39 bits per heavy atom. The molecule has 3 rings (SSSR count). The molecule has 0 saturated carbocycles. The molecule has 2 nitrogen and oxygen atoms in total. The van der Waals surface area contributed by atoms with E-state index < -0.39 is 0 Å². The molecule has 2 N–H and O–H groups in total. The molecule has 23 heavy (non-hydrogen) atoms. The van der Waals surface area contributed by atoms with Gasteiger partial charge in [-0.15, -0.1) is 0 Å². The normalized spacial score (nSPS) is 10.8. The summed E-state index contributed by atoms with van der Waals surface area (Å²) in [5.74, 6) is -0.363. The summed E-state index contributed by atoms with van der Waals surface area (Å²) in [5, 5.41) is 2.01. The first-order valence-corrected chi connectivity index (χ1v) is 8.12. The summed E-state index contributed by atoms with van der Waals surface area (Å²) < 4.78 is 0. The van der Waals surface area contributed by atoms with Crippen LogP contribution in [-0.4, -0.2) is 5.91 Å². The zero-order chi connectivity index (χ0) is 16.2. The van der Waals surface area contributed by atoms with E-state index in [1.165, 1.54) is 5.56 Å². The van der Waals surface area contributed by atoms with Gasteiger partial charge < -0.3 is 5.73 Å². The molecule has 3 aromatic carbocycles. The smallest absolute Gasteiger partial charge is 0.249 e. The second-order valence-corrected chi connectivity index (χ2v) is 5.84. The molecule has 0 aliphatic rings. The van der Waals surface area contributed by atoms with Crippen LogP contribution in [0.15, 0.2) is 60.7 Å². The average molecular weight is 303 g/mol. The van der Waals surface area contributed by atoms with Crippen LogP contribution in [0, 0.1) is 0 Å². The molecule has 0 unspecified atom stereocenters. The molecule has 0 aliphatic carbocycles. The lowest BCUT2D eigenvalue weighted by Crippen LogP contribution is -2.14. The van der Waals surface area contributed by atoms with Crippen molar-refractivity contribution in [1.29, 1.82) is 0 Å². The van der Waals surface area contributed by atoms with Gasteiger partial charge in [-0.25, -0.2) is 0 Å². The highest BCUT2D eigenvalue weighted by molar-refractivity contribution is 6.12. The van der Waals surface area contributed by atoms with Gasteiger partial charge in [0, 0.05) is 0 Å². The van der Waals surface area contributed by atoms with Crippen molar-refractivity contribution in [2.45, 2.75) is 26.2 Å². The third-order valence-corrected chi connectivity index (χ3v) is 4.24. The van der Waals surface area contributed by atoms with Crippen LogP contribution in [-0.2, 0) is 6.42 Å². The minimum absolute atomic E-state index is 0.363. The second kappa shape index (κ2) is 6.66. The van der Waals surface area contributed by atoms with E-state index in [4.69, 9.17) is 5.73 Å². The molecule has 0 aliphatic heterocycles. The van der Waals surface area contributed by atoms with Crippen LogP contribution >= 0.6 is 0 Å². The van der Waals surface area contributed by atoms with E-state index in [2.05, 4.69) is 13.0 Å². The summed E-state index contributed by atoms with van der Waals surface area (Å²) in [4.78, 5) is 12.3. The topological polar surface area (TPSA) is 43.1 Å². The molecule has 116 valence electrons. The van der Waals surface area contributed by atoms with Crippen molar-refractivity contribution in [2.24, 2.45) is 5.73 Å². The van der Waals surface area contributed by atoms with Crippen LogP contribution in [0.25, 0.3) is 21.9 Å². The number of primary amides is 1. The molecule has 3 aromatic rings. The van der Waals surface area contributed by atoms with Crippen molar-refractivity contribution in [3.05, 3.63) is 71.8 Å². The molecule has 2 heteroatoms. The van der Waals surface area contributed by atoms with Gasteiger partial charge in [-0.05, 0) is 40.3 Å². The van der Waals surface area contributed by atoms with Crippen molar-refractivity contribution in [2.75, 3.05) is 0 Å². The van der Waals surface area contributed by atoms with Gasteiger partial charge in [-0.2, -0.15) is 0 Å². The van der Waals surface area contributed by atoms with Gasteiger partial charge in [-0.3, -0.25) is 4.79 Å². The van der Waals surface area contributed by atoms with Gasteiger partial charge in [0.1, 0.15) is 0 Å². The van der Waals surface area contributed by atoms with Gasteiger partial charge in [0.2, 0.25) is 5.91 Å². The Bertz CT molecular complexity index is 837. The quantitative estimate of drug-likeness (QED) is 0.712. The highest BCUT2D eigenvalue weighted by Crippen LogP contribution is 2.34. The predicted octanol–water partition coefficient (Wildman–Crippen LogP) is 4.95. The lowest BCUT2D eigenvalue weighted by molar-refractivity contribution is 0.100. The zero-order valence-electron chi connectivity index (χ0n) is 13.4. The number of fused-ring (bicyclic) bond motifs is 1. The fourth-order valence-corrected chi connectivity index (χ4v) is 3.16. The largest absolute Gasteiger partial charge is 0.366 e. The van der Waals surface area contributed by atoms with Crippen LogP contribution in [0.5, 0.6) is 0 Å². The summed E-state index contributed by atoms with van der Waals surface area (Å²) in [5.41, 5.74) is 9.66. The maximum Gasteiger partial charge on any atom is 0.249 e. The Hall–Kier alpha value is -2.61. The van der Waals surface area contributed by atoms with Gasteiger partial charge in [0.15, 0.2) is 0 Å². The lowest BCUT2D eigenvalue weighted by Gasteiger charge is -2.16. The number of rotatable bonds is 5. The lowest BCUT2D eigenvalue weighted by atomic mass is 9.87. The Balaban J connectivity index is 2.36. The summed E-state index contributed by atoms with van der Waals surface area (Å²) in [6, 6.07) is 20.3. The monoisotopic (exact) mass is 303 g/mol. The molecule has 0 aromatic heterocycles. The predicted molar refractivity (Wildman–Crippen MR) is 96.5 cm³/mol. The molecular weight excluding hydrogens is 282 g/mol. The maximum atomic E-state index is 12.3. The summed E-state index contributed by atoms with van der Waals surface area (Å²) in [6.07, 6.45) is 3.16. The highest BCUT2D eigenvalue weighted by atomic mass is 16.1. The van der Waals surface area contributed by atoms with Crippen molar-refractivity contribution >= 4 is 16.7 Å². The maximum absolute atomic E-state index is 12.3. The number of hydrogen-bond acceptors (Lipinski definition) is 1. The fourth-order valence-electron chi connectivity index (χ4n) is 3.16. The van der Waals surface area contributed by atoms with Crippen LogP contribution in [0.4, 0.5) is 0 Å². The van der Waals surface area contributed by atoms with Crippen LogP contribution < -0.4 is 5.73 Å². The molecule has 0 atom stereocenters. The minimum Gasteiger partial charge on any atom is -0.366 e. The third kappa shape index (κ3) is 2.98. The third-order valence-electron chi connectivity index (χ3n) is 4.24. The number of hydrogen-bond donors (Lipinski definition) is 1. The number of unbranched alkanes of at least 4 members (excludes halogenated alkanes) is 1. The van der Waals surface area contributed by atoms with Crippen LogP contribution in [0.2, 0.25) is 0 Å². The first-order valence-electron chi connectivity index (χ1n) is 8.12. The standard InChI is InChI=1S/C21H21NO/c1-2-3-9-17-14-16-12-7-8-13-18(16)20(21(22)23)19(17)15-10-5-4-6-11-15/h4-8,10-14H,2-3,9H2,1H3,(H2,22,23). The molecule has 0 bridgehead atoms. The highest BCUT2D eigenvalue weighted by Gasteiger charge is 2.18. The number of benzene rings is 3. The number of amides is 1. The fraction of sp³-hybridized carbons (Fsp3) is 0.190. The molecule has 0 heterocycles. The zero-order valence-corrected chi connectivity index (χ0v) is 13.4. The van der Waals surface area contributed by atoms with Crippen LogP contribution in [0.1, 0.15) is 35.7 Å². The van der Waals surface area contributed by atoms with E-state index in [9.17, 15) is 4.79 Å². The summed E-state index contributed by atoms with van der Waals surface area (Å²) in [6.45, 7) is 2.18. The number of carbonyl (C=O) groups is 1. The van der Waals surface area contributed by atoms with Crippen molar-refractivity contribution in [3.8, 4) is 11.1 Å². The molecule has 0 spiro atoms. The van der Waals surface area contributed by atoms with E-state index in [0.29, 0.717) is 5.56 Å². The molecule has 0 saturated heterocycles.